The van der Waals surface area contributed by atoms with Gasteiger partial charge in [0.05, 0.1) is 22.8 Å². The molecule has 0 bridgehead atoms. The van der Waals surface area contributed by atoms with E-state index in [0.29, 0.717) is 0 Å². The zero-order valence-corrected chi connectivity index (χ0v) is 22.1. The monoisotopic (exact) mass is 476 g/mol. The van der Waals surface area contributed by atoms with Crippen LogP contribution in [0.25, 0.3) is 0 Å². The number of aliphatic imine (C=N–C) groups is 2. The summed E-state index contributed by atoms with van der Waals surface area (Å²) in [5.41, 5.74) is 8.36. The van der Waals surface area contributed by atoms with E-state index in [1.807, 2.05) is 48.6 Å². The first-order valence-corrected chi connectivity index (χ1v) is 12.4. The zero-order valence-electron chi connectivity index (χ0n) is 22.1. The van der Waals surface area contributed by atoms with Crippen LogP contribution >= 0.6 is 0 Å². The van der Waals surface area contributed by atoms with Crippen LogP contribution in [0.5, 0.6) is 0 Å². The van der Waals surface area contributed by atoms with E-state index in [4.69, 9.17) is 9.98 Å². The molecule has 0 unspecified atom stereocenters. The second-order valence-corrected chi connectivity index (χ2v) is 11.2. The van der Waals surface area contributed by atoms with Crippen molar-refractivity contribution in [2.45, 2.75) is 52.5 Å². The van der Waals surface area contributed by atoms with Gasteiger partial charge in [-0.3, -0.25) is 0 Å². The van der Waals surface area contributed by atoms with E-state index in [2.05, 4.69) is 101 Å². The van der Waals surface area contributed by atoms with E-state index in [1.165, 1.54) is 5.56 Å². The molecule has 1 aliphatic carbocycles. The van der Waals surface area contributed by atoms with E-state index in [0.717, 1.165) is 39.9 Å². The Bertz CT molecular complexity index is 1280. The van der Waals surface area contributed by atoms with Gasteiger partial charge in [0.2, 0.25) is 0 Å². The summed E-state index contributed by atoms with van der Waals surface area (Å²) < 4.78 is 0. The molecule has 184 valence electrons. The lowest BCUT2D eigenvalue weighted by atomic mass is 9.87. The van der Waals surface area contributed by atoms with Crippen LogP contribution in [0.3, 0.4) is 0 Å². The van der Waals surface area contributed by atoms with E-state index < -0.39 is 0 Å². The van der Waals surface area contributed by atoms with Crippen molar-refractivity contribution in [1.82, 2.24) is 0 Å². The summed E-state index contributed by atoms with van der Waals surface area (Å²) in [7, 11) is 0. The molecule has 36 heavy (non-hydrogen) atoms. The Hall–Kier alpha value is -3.92. The molecular weight excluding hydrogens is 440 g/mol. The molecule has 0 amide bonds. The smallest absolute Gasteiger partial charge is 0.0638 e. The third-order valence-corrected chi connectivity index (χ3v) is 5.66. The molecule has 0 radical (unpaired) electrons. The predicted molar refractivity (Wildman–Crippen MR) is 157 cm³/mol. The first kappa shape index (κ1) is 25.2. The van der Waals surface area contributed by atoms with E-state index in [9.17, 15) is 0 Å². The first-order valence-electron chi connectivity index (χ1n) is 12.4. The topological polar surface area (TPSA) is 48.8 Å². The van der Waals surface area contributed by atoms with Crippen LogP contribution in [0.15, 0.2) is 107 Å². The highest BCUT2D eigenvalue weighted by atomic mass is 15.0. The molecule has 0 spiro atoms. The fourth-order valence-electron chi connectivity index (χ4n) is 3.79. The molecule has 0 saturated heterocycles. The van der Waals surface area contributed by atoms with Gasteiger partial charge in [0.25, 0.3) is 0 Å². The normalized spacial score (nSPS) is 13.5. The molecule has 0 aliphatic heterocycles. The number of nitrogens with one attached hydrogen (secondary N) is 2. The highest BCUT2D eigenvalue weighted by Gasteiger charge is 2.13. The van der Waals surface area contributed by atoms with Gasteiger partial charge in [-0.2, -0.15) is 0 Å². The van der Waals surface area contributed by atoms with Crippen molar-refractivity contribution in [3.63, 3.8) is 0 Å². The molecule has 4 heteroatoms. The standard InChI is InChI=1S/C32H36N4/c1-31(2,3)23-7-9-24(10-8-23)33-25-11-13-26(14-12-25)34-27-15-17-28(18-16-27)35-29-19-21-30(22-20-29)36-32(4,5)6/h7-22,35-36H,1-6H3. The zero-order chi connectivity index (χ0) is 25.8. The Balaban J connectivity index is 1.36. The largest absolute Gasteiger partial charge is 0.380 e. The second-order valence-electron chi connectivity index (χ2n) is 11.2. The van der Waals surface area contributed by atoms with Crippen molar-refractivity contribution >= 4 is 39.9 Å². The van der Waals surface area contributed by atoms with Crippen molar-refractivity contribution in [3.8, 4) is 0 Å². The Morgan fingerprint density at radius 3 is 1.31 bits per heavy atom. The molecule has 3 aromatic rings. The Morgan fingerprint density at radius 1 is 0.500 bits per heavy atom. The summed E-state index contributed by atoms with van der Waals surface area (Å²) in [6, 6.07) is 24.9. The molecule has 0 aromatic heterocycles. The Morgan fingerprint density at radius 2 is 0.889 bits per heavy atom. The molecule has 4 rings (SSSR count). The first-order chi connectivity index (χ1) is 17.0. The van der Waals surface area contributed by atoms with Crippen LogP contribution in [0, 0.1) is 0 Å². The number of nitrogens with zero attached hydrogens (tertiary/aromatic N) is 2. The molecule has 1 aliphatic rings. The van der Waals surface area contributed by atoms with Gasteiger partial charge in [-0.1, -0.05) is 32.9 Å². The Kier molecular flexibility index (Phi) is 7.25. The molecule has 0 fully saturated rings. The third-order valence-electron chi connectivity index (χ3n) is 5.66. The Labute approximate surface area is 215 Å². The van der Waals surface area contributed by atoms with E-state index >= 15 is 0 Å². The summed E-state index contributed by atoms with van der Waals surface area (Å²) in [4.78, 5) is 9.48. The molecular formula is C32H36N4. The molecule has 0 heterocycles. The number of allylic oxidation sites excluding steroid dienone is 4. The third kappa shape index (κ3) is 7.29. The lowest BCUT2D eigenvalue weighted by Crippen LogP contribution is -2.25. The van der Waals surface area contributed by atoms with Gasteiger partial charge in [-0.15, -0.1) is 0 Å². The van der Waals surface area contributed by atoms with Crippen molar-refractivity contribution < 1.29 is 0 Å². The lowest BCUT2D eigenvalue weighted by molar-refractivity contribution is 0.590. The molecule has 0 atom stereocenters. The fraction of sp³-hybridized carbons (Fsp3) is 0.250. The molecule has 0 saturated carbocycles. The van der Waals surface area contributed by atoms with Crippen LogP contribution in [-0.4, -0.2) is 17.0 Å². The minimum absolute atomic E-state index is 0.0434. The highest BCUT2D eigenvalue weighted by molar-refractivity contribution is 6.19. The lowest BCUT2D eigenvalue weighted by Gasteiger charge is -2.22. The summed E-state index contributed by atoms with van der Waals surface area (Å²) in [6.45, 7) is 13.1. The minimum Gasteiger partial charge on any atom is -0.380 e. The van der Waals surface area contributed by atoms with Gasteiger partial charge in [-0.25, -0.2) is 9.98 Å². The maximum atomic E-state index is 4.74. The summed E-state index contributed by atoms with van der Waals surface area (Å²) in [5, 5.41) is 6.92. The van der Waals surface area contributed by atoms with Gasteiger partial charge >= 0.3 is 0 Å². The SMILES string of the molecule is CC(C)(C)Nc1ccc(Nc2ccc(N=C3C=CC(=Nc4ccc(C(C)(C)C)cc4)C=C3)cc2)cc1. The van der Waals surface area contributed by atoms with Crippen molar-refractivity contribution in [1.29, 1.82) is 0 Å². The quantitative estimate of drug-likeness (QED) is 0.361. The van der Waals surface area contributed by atoms with E-state index in [1.54, 1.807) is 0 Å². The van der Waals surface area contributed by atoms with Crippen LogP contribution < -0.4 is 10.6 Å². The average Bonchev–Trinajstić information content (AvgIpc) is 2.82. The van der Waals surface area contributed by atoms with Crippen molar-refractivity contribution in [2.75, 3.05) is 10.6 Å². The maximum absolute atomic E-state index is 4.74. The minimum atomic E-state index is 0.0434. The predicted octanol–water partition coefficient (Wildman–Crippen LogP) is 8.91. The van der Waals surface area contributed by atoms with Gasteiger partial charge in [-0.05, 0) is 117 Å². The molecule has 3 aromatic carbocycles. The van der Waals surface area contributed by atoms with Gasteiger partial charge in [0.1, 0.15) is 0 Å². The summed E-state index contributed by atoms with van der Waals surface area (Å²) in [6.07, 6.45) is 8.01. The van der Waals surface area contributed by atoms with Gasteiger partial charge < -0.3 is 10.6 Å². The number of rotatable bonds is 5. The van der Waals surface area contributed by atoms with Crippen LogP contribution in [0.2, 0.25) is 0 Å². The number of anilines is 3. The molecule has 2 N–H and O–H groups in total. The van der Waals surface area contributed by atoms with E-state index in [-0.39, 0.29) is 11.0 Å². The van der Waals surface area contributed by atoms with Gasteiger partial charge in [0, 0.05) is 22.6 Å². The van der Waals surface area contributed by atoms with Crippen LogP contribution in [-0.2, 0) is 5.41 Å². The van der Waals surface area contributed by atoms with Crippen molar-refractivity contribution in [3.05, 3.63) is 103 Å². The van der Waals surface area contributed by atoms with Crippen molar-refractivity contribution in [2.24, 2.45) is 9.98 Å². The molecule has 4 nitrogen and oxygen atoms in total. The summed E-state index contributed by atoms with van der Waals surface area (Å²) in [5.74, 6) is 0. The fourth-order valence-corrected chi connectivity index (χ4v) is 3.79. The summed E-state index contributed by atoms with van der Waals surface area (Å²) >= 11 is 0. The van der Waals surface area contributed by atoms with Crippen LogP contribution in [0.4, 0.5) is 28.4 Å². The average molecular weight is 477 g/mol. The number of hydrogen-bond acceptors (Lipinski definition) is 4. The highest BCUT2D eigenvalue weighted by Crippen LogP contribution is 2.26. The van der Waals surface area contributed by atoms with Crippen LogP contribution in [0.1, 0.15) is 47.1 Å². The second kappa shape index (κ2) is 10.4. The maximum Gasteiger partial charge on any atom is 0.0638 e. The van der Waals surface area contributed by atoms with Gasteiger partial charge in [0.15, 0.2) is 0 Å². The number of benzene rings is 3. The number of hydrogen-bond donors (Lipinski definition) is 2.